The number of nitrogen functional groups attached to an aromatic ring is 1. The maximum absolute atomic E-state index is 9.63. The Kier molecular flexibility index (Phi) is 4.80. The highest BCUT2D eigenvalue weighted by atomic mass is 32.2. The number of aliphatic hydroxyl groups is 1. The van der Waals surface area contributed by atoms with E-state index in [2.05, 4.69) is 49.4 Å². The van der Waals surface area contributed by atoms with Crippen LogP contribution in [0.4, 0.5) is 5.82 Å². The average Bonchev–Trinajstić information content (AvgIpc) is 3.34. The molecule has 30 heavy (non-hydrogen) atoms. The number of aryl methyl sites for hydroxylation is 1. The predicted octanol–water partition coefficient (Wildman–Crippen LogP) is 3.85. The number of rotatable bonds is 5. The molecule has 0 unspecified atom stereocenters. The second-order valence-corrected chi connectivity index (χ2v) is 8.33. The van der Waals surface area contributed by atoms with Gasteiger partial charge >= 0.3 is 0 Å². The average molecular weight is 419 g/mol. The summed E-state index contributed by atoms with van der Waals surface area (Å²) in [6.45, 7) is 2.43. The Balaban J connectivity index is 1.63. The summed E-state index contributed by atoms with van der Waals surface area (Å²) in [5, 5.41) is 10.4. The van der Waals surface area contributed by atoms with Gasteiger partial charge in [0.2, 0.25) is 5.78 Å². The first kappa shape index (κ1) is 18.9. The van der Waals surface area contributed by atoms with Gasteiger partial charge in [-0.1, -0.05) is 47.7 Å². The van der Waals surface area contributed by atoms with Crippen molar-refractivity contribution in [2.24, 2.45) is 0 Å². The predicted molar refractivity (Wildman–Crippen MR) is 119 cm³/mol. The molecule has 1 aliphatic carbocycles. The summed E-state index contributed by atoms with van der Waals surface area (Å²) in [4.78, 5) is 15.3. The molecule has 3 N–H and O–H groups in total. The fraction of sp³-hybridized carbons (Fsp3) is 0.227. The third-order valence-electron chi connectivity index (χ3n) is 5.15. The van der Waals surface area contributed by atoms with Crippen LogP contribution in [0.1, 0.15) is 24.1 Å². The lowest BCUT2D eigenvalue weighted by Crippen LogP contribution is -2.06. The minimum absolute atomic E-state index is 0.0168. The summed E-state index contributed by atoms with van der Waals surface area (Å²) < 4.78 is 3.70. The monoisotopic (exact) mass is 418 g/mol. The van der Waals surface area contributed by atoms with Gasteiger partial charge in [0, 0.05) is 17.6 Å². The zero-order valence-electron chi connectivity index (χ0n) is 16.6. The van der Waals surface area contributed by atoms with E-state index in [9.17, 15) is 5.11 Å². The Hall–Kier alpha value is -3.10. The normalized spacial score (nSPS) is 14.0. The molecule has 0 spiro atoms. The van der Waals surface area contributed by atoms with E-state index < -0.39 is 0 Å². The molecule has 0 saturated heterocycles. The third-order valence-corrected chi connectivity index (χ3v) is 6.15. The van der Waals surface area contributed by atoms with Crippen molar-refractivity contribution < 1.29 is 5.11 Å². The van der Waals surface area contributed by atoms with Crippen LogP contribution in [0.3, 0.4) is 0 Å². The largest absolute Gasteiger partial charge is 0.395 e. The third kappa shape index (κ3) is 3.28. The van der Waals surface area contributed by atoms with Crippen molar-refractivity contribution in [1.82, 2.24) is 23.9 Å². The van der Waals surface area contributed by atoms with Gasteiger partial charge in [-0.3, -0.25) is 4.40 Å². The van der Waals surface area contributed by atoms with Crippen LogP contribution >= 0.6 is 11.8 Å². The summed E-state index contributed by atoms with van der Waals surface area (Å²) in [6.07, 6.45) is 10.4. The van der Waals surface area contributed by atoms with E-state index in [1.54, 1.807) is 4.40 Å². The molecular formula is C22H22N6OS. The quantitative estimate of drug-likeness (QED) is 0.511. The number of fused-ring (bicyclic) bond motifs is 2. The van der Waals surface area contributed by atoms with Crippen molar-refractivity contribution in [2.45, 2.75) is 36.4 Å². The molecule has 4 aromatic rings. The number of imidazole rings is 2. The molecule has 3 heterocycles. The lowest BCUT2D eigenvalue weighted by atomic mass is 10.1. The van der Waals surface area contributed by atoms with Gasteiger partial charge in [0.05, 0.1) is 12.3 Å². The van der Waals surface area contributed by atoms with Crippen LogP contribution in [0.2, 0.25) is 0 Å². The smallest absolute Gasteiger partial charge is 0.238 e. The number of hydrogen-bond acceptors (Lipinski definition) is 6. The summed E-state index contributed by atoms with van der Waals surface area (Å²) in [6, 6.07) is 8.25. The first-order chi connectivity index (χ1) is 14.6. The highest BCUT2D eigenvalue weighted by Gasteiger charge is 2.19. The Bertz CT molecular complexity index is 1300. The number of aliphatic hydroxyl groups excluding tert-OH is 1. The Morgan fingerprint density at radius 1 is 1.13 bits per heavy atom. The molecule has 0 atom stereocenters. The van der Waals surface area contributed by atoms with Crippen molar-refractivity contribution >= 4 is 40.1 Å². The molecule has 1 aliphatic rings. The minimum Gasteiger partial charge on any atom is -0.395 e. The Morgan fingerprint density at radius 3 is 2.70 bits per heavy atom. The fourth-order valence-corrected chi connectivity index (χ4v) is 4.49. The van der Waals surface area contributed by atoms with Crippen LogP contribution in [-0.4, -0.2) is 35.6 Å². The number of nitrogens with zero attached hydrogens (tertiary/aromatic N) is 5. The van der Waals surface area contributed by atoms with Crippen LogP contribution in [0.25, 0.3) is 22.5 Å². The van der Waals surface area contributed by atoms with E-state index in [1.165, 1.54) is 17.3 Å². The van der Waals surface area contributed by atoms with E-state index in [4.69, 9.17) is 20.7 Å². The number of hydrogen-bond donors (Lipinski definition) is 2. The molecule has 0 aliphatic heterocycles. The highest BCUT2D eigenvalue weighted by Crippen LogP contribution is 2.32. The van der Waals surface area contributed by atoms with Crippen molar-refractivity contribution in [3.63, 3.8) is 0 Å². The molecule has 0 bridgehead atoms. The highest BCUT2D eigenvalue weighted by molar-refractivity contribution is 7.99. The molecule has 0 fully saturated rings. The lowest BCUT2D eigenvalue weighted by Gasteiger charge is -2.06. The number of allylic oxidation sites excluding steroid dienone is 4. The van der Waals surface area contributed by atoms with Crippen LogP contribution in [-0.2, 0) is 6.54 Å². The van der Waals surface area contributed by atoms with Crippen LogP contribution in [0.15, 0.2) is 58.7 Å². The van der Waals surface area contributed by atoms with Crippen LogP contribution in [0.5, 0.6) is 0 Å². The molecule has 0 saturated carbocycles. The zero-order chi connectivity index (χ0) is 20.7. The summed E-state index contributed by atoms with van der Waals surface area (Å²) >= 11 is 1.53. The van der Waals surface area contributed by atoms with E-state index in [-0.39, 0.29) is 6.61 Å². The van der Waals surface area contributed by atoms with Crippen molar-refractivity contribution in [1.29, 1.82) is 0 Å². The molecule has 3 aromatic heterocycles. The lowest BCUT2D eigenvalue weighted by molar-refractivity contribution is 0.273. The molecule has 7 nitrogen and oxygen atoms in total. The number of nitrogens with two attached hydrogens (primary N) is 1. The van der Waals surface area contributed by atoms with E-state index in [0.29, 0.717) is 29.3 Å². The Labute approximate surface area is 178 Å². The van der Waals surface area contributed by atoms with Gasteiger partial charge in [-0.2, -0.15) is 4.98 Å². The maximum atomic E-state index is 9.63. The minimum atomic E-state index is -0.0168. The zero-order valence-corrected chi connectivity index (χ0v) is 17.4. The van der Waals surface area contributed by atoms with Crippen molar-refractivity contribution in [2.75, 3.05) is 12.3 Å². The van der Waals surface area contributed by atoms with Gasteiger partial charge in [0.15, 0.2) is 10.8 Å². The van der Waals surface area contributed by atoms with E-state index in [1.807, 2.05) is 10.8 Å². The van der Waals surface area contributed by atoms with Crippen LogP contribution in [0, 0.1) is 6.92 Å². The van der Waals surface area contributed by atoms with Gasteiger partial charge in [0.1, 0.15) is 11.3 Å². The number of aromatic nitrogens is 5. The summed E-state index contributed by atoms with van der Waals surface area (Å²) in [7, 11) is 0. The Morgan fingerprint density at radius 2 is 1.97 bits per heavy atom. The standard InChI is InChI=1S/C22H22N6OS/c1-14-7-9-16(10-8-14)30-22-25-18-19(23)28-13-17(15-5-3-2-4-6-15)24-21(28)26-20(18)27(22)11-12-29/h3,5-10,13,29H,2,4,11-12,23H2,1H3. The van der Waals surface area contributed by atoms with Gasteiger partial charge in [0.25, 0.3) is 0 Å². The van der Waals surface area contributed by atoms with E-state index >= 15 is 0 Å². The van der Waals surface area contributed by atoms with Crippen LogP contribution < -0.4 is 5.73 Å². The second-order valence-electron chi connectivity index (χ2n) is 7.29. The van der Waals surface area contributed by atoms with Gasteiger partial charge < -0.3 is 15.4 Å². The first-order valence-corrected chi connectivity index (χ1v) is 10.7. The molecule has 0 amide bonds. The first-order valence-electron chi connectivity index (χ1n) is 9.91. The molecule has 8 heteroatoms. The summed E-state index contributed by atoms with van der Waals surface area (Å²) in [5.74, 6) is 1.03. The topological polar surface area (TPSA) is 94.3 Å². The fourth-order valence-electron chi connectivity index (χ4n) is 3.58. The summed E-state index contributed by atoms with van der Waals surface area (Å²) in [5.41, 5.74) is 10.9. The van der Waals surface area contributed by atoms with Gasteiger partial charge in [-0.05, 0) is 37.5 Å². The molecular weight excluding hydrogens is 396 g/mol. The van der Waals surface area contributed by atoms with Crippen molar-refractivity contribution in [3.8, 4) is 0 Å². The van der Waals surface area contributed by atoms with E-state index in [0.717, 1.165) is 34.2 Å². The molecule has 1 aromatic carbocycles. The van der Waals surface area contributed by atoms with Gasteiger partial charge in [-0.25, -0.2) is 9.97 Å². The number of benzene rings is 1. The molecule has 0 radical (unpaired) electrons. The molecule has 152 valence electrons. The SMILES string of the molecule is Cc1ccc(Sc2nc3c(N)n4cc(C5=CCCC=C5)nc4nc3n2CCO)cc1. The van der Waals surface area contributed by atoms with Gasteiger partial charge in [-0.15, -0.1) is 0 Å². The second kappa shape index (κ2) is 7.62. The van der Waals surface area contributed by atoms with Crippen molar-refractivity contribution in [3.05, 3.63) is 59.9 Å². The maximum Gasteiger partial charge on any atom is 0.238 e. The molecule has 5 rings (SSSR count). The number of anilines is 1.